The molecule has 0 bridgehead atoms. The zero-order chi connectivity index (χ0) is 69.7. The first-order valence-electron chi connectivity index (χ1n) is 32.4. The maximum Gasteiger partial charge on any atom is 0.509 e. The average molecular weight is 1350 g/mol. The van der Waals surface area contributed by atoms with E-state index in [1.165, 1.54) is 83.2 Å². The lowest BCUT2D eigenvalue weighted by molar-refractivity contribution is -0.163. The number of carboxylic acid groups (broad SMARTS) is 1. The third-order valence-corrected chi connectivity index (χ3v) is 19.8. The lowest BCUT2D eigenvalue weighted by Crippen LogP contribution is -2.62. The third kappa shape index (κ3) is 22.5. The molecular weight excluding hydrogens is 1250 g/mol. The summed E-state index contributed by atoms with van der Waals surface area (Å²) >= 11 is 0. The van der Waals surface area contributed by atoms with Crippen LogP contribution < -0.4 is 20.7 Å². The molecule has 0 aliphatic carbocycles. The Labute approximate surface area is 554 Å². The van der Waals surface area contributed by atoms with E-state index in [1.807, 2.05) is 13.8 Å². The lowest BCUT2D eigenvalue weighted by Gasteiger charge is -2.36. The number of likely N-dealkylation sites (tertiary alicyclic amines) is 1. The quantitative estimate of drug-likeness (QED) is 0.0300. The van der Waals surface area contributed by atoms with Gasteiger partial charge in [-0.2, -0.15) is 0 Å². The molecule has 0 spiro atoms. The number of aliphatic carboxylic acids is 1. The lowest BCUT2D eigenvalue weighted by atomic mass is 9.91. The number of ketones is 1. The van der Waals surface area contributed by atoms with E-state index in [0.29, 0.717) is 48.5 Å². The van der Waals surface area contributed by atoms with Crippen molar-refractivity contribution in [2.75, 3.05) is 52.4 Å². The second-order valence-electron chi connectivity index (χ2n) is 25.7. The number of fused-ring (bicyclic) bond motifs is 1. The van der Waals surface area contributed by atoms with Crippen molar-refractivity contribution < 1.29 is 91.4 Å². The number of carboxylic acids is 1. The van der Waals surface area contributed by atoms with Gasteiger partial charge in [-0.15, -0.1) is 0 Å². The summed E-state index contributed by atoms with van der Waals surface area (Å²) in [6.45, 7) is 19.8. The van der Waals surface area contributed by atoms with Crippen LogP contribution in [0.5, 0.6) is 5.75 Å². The molecule has 5 N–H and O–H groups in total. The Bertz CT molecular complexity index is 2760. The molecule has 4 rings (SSSR count). The fourth-order valence-corrected chi connectivity index (χ4v) is 13.7. The second kappa shape index (κ2) is 37.4. The molecule has 93 heavy (non-hydrogen) atoms. The van der Waals surface area contributed by atoms with Gasteiger partial charge in [-0.25, -0.2) is 9.59 Å². The number of cyclic esters (lactones) is 2. The predicted octanol–water partition coefficient (Wildman–Crippen LogP) is 4.97. The molecule has 7 amide bonds. The molecule has 0 aromatic heterocycles. The number of benzene rings is 1. The summed E-state index contributed by atoms with van der Waals surface area (Å²) < 4.78 is 27.8. The van der Waals surface area contributed by atoms with Crippen molar-refractivity contribution in [1.82, 2.24) is 35.6 Å². The van der Waals surface area contributed by atoms with E-state index in [2.05, 4.69) is 16.0 Å². The topological polar surface area (TPSA) is 340 Å². The molecule has 3 fully saturated rings. The summed E-state index contributed by atoms with van der Waals surface area (Å²) in [6.07, 6.45) is -6.21. The van der Waals surface area contributed by atoms with Gasteiger partial charge in [0.05, 0.1) is 37.5 Å². The standard InChI is InChI=1S/C65H101N7O19S2/c1-16-38(9)52-50(73)33-51(74)91-55(37(7)8)54(75)39(10)56(76)66-45(30-35(3)4)60(80)72-27-19-21-47(72)62(82)70(14)49(32-42-22-24-44(87-15)25-23-42)64(85)89-40(11)53(58(78)67-52)68-57(77)48(31-36(5)6)69(13)61(81)46-20-18-26-71(46)59(79)41(12)90-65(86)88-28-29-92-93-34-43(17-2)63(83)84/h22-25,35-41,43,45-50,52-53,55,73H,16-21,26-34H2,1-15H3,(H,66,76)(H,67,78)(H,68,77)(H,83,84)/t38-,39-,40+,41-,43-,45-,46-,47-,48+,49-,50-,52+,53-,55-/m0/s1. The van der Waals surface area contributed by atoms with E-state index >= 15 is 19.2 Å². The maximum atomic E-state index is 15.2. The molecule has 1 aromatic rings. The Morgan fingerprint density at radius 2 is 1.49 bits per heavy atom. The van der Waals surface area contributed by atoms with Gasteiger partial charge in [-0.1, -0.05) is 102 Å². The number of esters is 2. The largest absolute Gasteiger partial charge is 0.509 e. The Morgan fingerprint density at radius 3 is 2.09 bits per heavy atom. The zero-order valence-electron chi connectivity index (χ0n) is 56.7. The normalized spacial score (nSPS) is 25.5. The van der Waals surface area contributed by atoms with Crippen LogP contribution >= 0.6 is 21.6 Å². The highest BCUT2D eigenvalue weighted by Gasteiger charge is 2.46. The highest BCUT2D eigenvalue weighted by molar-refractivity contribution is 8.76. The van der Waals surface area contributed by atoms with Gasteiger partial charge in [0.1, 0.15) is 54.7 Å². The Morgan fingerprint density at radius 1 is 0.839 bits per heavy atom. The van der Waals surface area contributed by atoms with E-state index in [1.54, 1.807) is 72.7 Å². The number of nitrogens with one attached hydrogen (secondary N) is 3. The van der Waals surface area contributed by atoms with Crippen LogP contribution in [-0.4, -0.2) is 220 Å². The number of likely N-dealkylation sites (N-methyl/N-ethyl adjacent to an activating group) is 2. The fraction of sp³-hybridized carbons (Fsp3) is 0.723. The minimum Gasteiger partial charge on any atom is -0.497 e. The van der Waals surface area contributed by atoms with Gasteiger partial charge in [-0.3, -0.25) is 47.9 Å². The third-order valence-electron chi connectivity index (χ3n) is 17.3. The average Bonchev–Trinajstić information content (AvgIpc) is 1.85. The van der Waals surface area contributed by atoms with Gasteiger partial charge < -0.3 is 69.4 Å². The van der Waals surface area contributed by atoms with E-state index in [-0.39, 0.29) is 63.6 Å². The minimum atomic E-state index is -1.82. The molecule has 26 nitrogen and oxygen atoms in total. The van der Waals surface area contributed by atoms with Crippen molar-refractivity contribution in [3.63, 3.8) is 0 Å². The molecule has 3 aliphatic rings. The number of carbonyl (C=O) groups excluding carboxylic acids is 11. The monoisotopic (exact) mass is 1350 g/mol. The second-order valence-corrected chi connectivity index (χ2v) is 28.3. The number of carbonyl (C=O) groups is 12. The van der Waals surface area contributed by atoms with Crippen LogP contribution in [0.25, 0.3) is 0 Å². The summed E-state index contributed by atoms with van der Waals surface area (Å²) in [6, 6.07) is -2.66. The number of ether oxygens (including phenoxy) is 5. The van der Waals surface area contributed by atoms with Crippen LogP contribution in [0.4, 0.5) is 4.79 Å². The number of aliphatic hydroxyl groups excluding tert-OH is 1. The van der Waals surface area contributed by atoms with Crippen LogP contribution in [0.2, 0.25) is 0 Å². The summed E-state index contributed by atoms with van der Waals surface area (Å²) in [5, 5.41) is 29.5. The SMILES string of the molecule is CC[C@@H](CSSCCOC(=O)O[C@@H](C)C(=O)N1CCC[C@H]1C(=O)N(C)[C@H](CC(C)C)C(=O)N[C@@H]1C(=O)N[C@H]([C@@H](C)CC)[C@@H](O)CC(=O)O[C@@H](C(C)C)C(=O)[C@H](C)C(=O)N[C@@H](CC(C)C)C(=O)N2CCC[C@H]2C(=O)N(C)[C@@H](Cc2ccc(OC)cc2)C(=O)O[C@@H]1C)C(=O)O. The zero-order valence-corrected chi connectivity index (χ0v) is 58.3. The van der Waals surface area contributed by atoms with Gasteiger partial charge in [0.15, 0.2) is 18.0 Å². The van der Waals surface area contributed by atoms with Gasteiger partial charge in [0.2, 0.25) is 35.4 Å². The van der Waals surface area contributed by atoms with Crippen molar-refractivity contribution in [3.8, 4) is 5.75 Å². The molecule has 3 aliphatic heterocycles. The molecule has 522 valence electrons. The minimum absolute atomic E-state index is 0.00702. The number of hydrogen-bond acceptors (Lipinski definition) is 20. The van der Waals surface area contributed by atoms with Crippen molar-refractivity contribution >= 4 is 92.8 Å². The maximum absolute atomic E-state index is 15.2. The van der Waals surface area contributed by atoms with E-state index in [0.717, 1.165) is 0 Å². The van der Waals surface area contributed by atoms with Gasteiger partial charge in [0, 0.05) is 45.1 Å². The number of aliphatic hydroxyl groups is 1. The summed E-state index contributed by atoms with van der Waals surface area (Å²) in [7, 11) is 6.88. The van der Waals surface area contributed by atoms with E-state index < -0.39 is 168 Å². The van der Waals surface area contributed by atoms with E-state index in [9.17, 15) is 48.6 Å². The highest BCUT2D eigenvalue weighted by atomic mass is 33.1. The van der Waals surface area contributed by atoms with Crippen molar-refractivity contribution in [2.24, 2.45) is 35.5 Å². The molecule has 28 heteroatoms. The Balaban J connectivity index is 1.77. The first kappa shape index (κ1) is 78.8. The van der Waals surface area contributed by atoms with Crippen LogP contribution in [-0.2, 0) is 78.1 Å². The molecule has 0 saturated carbocycles. The molecule has 3 saturated heterocycles. The number of hydrogen-bond donors (Lipinski definition) is 5. The van der Waals surface area contributed by atoms with Crippen LogP contribution in [0.15, 0.2) is 24.3 Å². The number of rotatable bonds is 24. The van der Waals surface area contributed by atoms with Crippen LogP contribution in [0, 0.1) is 35.5 Å². The van der Waals surface area contributed by atoms with Gasteiger partial charge in [-0.05, 0) is 107 Å². The molecule has 0 unspecified atom stereocenters. The molecule has 3 heterocycles. The molecule has 0 radical (unpaired) electrons. The number of methoxy groups -OCH3 is 1. The van der Waals surface area contributed by atoms with Gasteiger partial charge >= 0.3 is 24.1 Å². The Kier molecular flexibility index (Phi) is 31.7. The highest BCUT2D eigenvalue weighted by Crippen LogP contribution is 2.29. The number of amides is 7. The van der Waals surface area contributed by atoms with E-state index in [4.69, 9.17) is 23.7 Å². The summed E-state index contributed by atoms with van der Waals surface area (Å²) in [5.41, 5.74) is 0.547. The first-order chi connectivity index (χ1) is 43.8. The smallest absolute Gasteiger partial charge is 0.497 e. The number of Topliss-reactive ketones (excluding diaryl/α,β-unsaturated/α-hetero) is 1. The Hall–Kier alpha value is -6.68. The summed E-state index contributed by atoms with van der Waals surface area (Å²) in [4.78, 5) is 175. The van der Waals surface area contributed by atoms with Crippen molar-refractivity contribution in [2.45, 2.75) is 214 Å². The molecule has 1 aromatic carbocycles. The first-order valence-corrected chi connectivity index (χ1v) is 34.9. The summed E-state index contributed by atoms with van der Waals surface area (Å²) in [5.74, 6) is -11.6. The number of nitrogens with zero attached hydrogens (tertiary/aromatic N) is 4. The fourth-order valence-electron chi connectivity index (χ4n) is 11.5. The van der Waals surface area contributed by atoms with Crippen LogP contribution in [0.3, 0.4) is 0 Å². The molecule has 14 atom stereocenters. The van der Waals surface area contributed by atoms with Crippen molar-refractivity contribution in [1.29, 1.82) is 0 Å². The van der Waals surface area contributed by atoms with Gasteiger partial charge in [0.25, 0.3) is 5.91 Å². The molecular formula is C65H101N7O19S2. The van der Waals surface area contributed by atoms with Crippen molar-refractivity contribution in [3.05, 3.63) is 29.8 Å². The predicted molar refractivity (Wildman–Crippen MR) is 347 cm³/mol. The van der Waals surface area contributed by atoms with Crippen LogP contribution in [0.1, 0.15) is 146 Å².